The normalized spacial score (nSPS) is 14.2. The van der Waals surface area contributed by atoms with Crippen molar-refractivity contribution in [2.75, 3.05) is 19.6 Å². The summed E-state index contributed by atoms with van der Waals surface area (Å²) in [5, 5.41) is 23.1. The molecular weight excluding hydrogens is 410 g/mol. The summed E-state index contributed by atoms with van der Waals surface area (Å²) < 4.78 is 5.95. The summed E-state index contributed by atoms with van der Waals surface area (Å²) in [6.07, 6.45) is 3.40. The molecule has 32 heavy (non-hydrogen) atoms. The maximum atomic E-state index is 12.5. The Labute approximate surface area is 185 Å². The standard InChI is InChI=1S/C24H25N3O5/c28-21(29)14-25-24(31)22-23(30)18-10-9-17(32-16-7-3-1-4-8-16)13-19(18)20(26-22)15-27-11-5-2-6-12-27/h1,3-4,7-10,13,30H,2,5-6,11-12,14-15H2,(H,25,31)(H,28,29). The third kappa shape index (κ3) is 4.97. The molecule has 2 aromatic carbocycles. The molecule has 0 atom stereocenters. The van der Waals surface area contributed by atoms with Gasteiger partial charge in [-0.05, 0) is 56.3 Å². The van der Waals surface area contributed by atoms with Gasteiger partial charge in [0.25, 0.3) is 5.91 Å². The van der Waals surface area contributed by atoms with Crippen molar-refractivity contribution in [1.29, 1.82) is 0 Å². The second-order valence-corrected chi connectivity index (χ2v) is 7.79. The lowest BCUT2D eigenvalue weighted by molar-refractivity contribution is -0.135. The van der Waals surface area contributed by atoms with Gasteiger partial charge in [0, 0.05) is 17.3 Å². The number of aliphatic carboxylic acids is 1. The highest BCUT2D eigenvalue weighted by Gasteiger charge is 2.22. The average molecular weight is 435 g/mol. The molecule has 4 rings (SSSR count). The fourth-order valence-corrected chi connectivity index (χ4v) is 3.88. The minimum atomic E-state index is -1.17. The first-order valence-electron chi connectivity index (χ1n) is 10.6. The zero-order valence-corrected chi connectivity index (χ0v) is 17.6. The molecule has 1 aliphatic rings. The molecule has 8 heteroatoms. The first-order valence-corrected chi connectivity index (χ1v) is 10.6. The lowest BCUT2D eigenvalue weighted by atomic mass is 10.0. The van der Waals surface area contributed by atoms with Crippen LogP contribution in [0.25, 0.3) is 10.8 Å². The van der Waals surface area contributed by atoms with Crippen molar-refractivity contribution in [2.24, 2.45) is 0 Å². The second kappa shape index (κ2) is 9.65. The summed E-state index contributed by atoms with van der Waals surface area (Å²) >= 11 is 0. The maximum Gasteiger partial charge on any atom is 0.322 e. The van der Waals surface area contributed by atoms with Gasteiger partial charge in [-0.1, -0.05) is 24.6 Å². The molecule has 0 unspecified atom stereocenters. The number of hydrogen-bond donors (Lipinski definition) is 3. The van der Waals surface area contributed by atoms with Gasteiger partial charge >= 0.3 is 5.97 Å². The molecule has 3 aromatic rings. The number of nitrogens with one attached hydrogen (secondary N) is 1. The number of aromatic nitrogens is 1. The van der Waals surface area contributed by atoms with E-state index in [0.29, 0.717) is 34.5 Å². The Hall–Kier alpha value is -3.65. The van der Waals surface area contributed by atoms with E-state index in [0.717, 1.165) is 25.9 Å². The minimum Gasteiger partial charge on any atom is -0.505 e. The highest BCUT2D eigenvalue weighted by Crippen LogP contribution is 2.34. The Kier molecular flexibility index (Phi) is 6.51. The van der Waals surface area contributed by atoms with E-state index in [1.807, 2.05) is 36.4 Å². The molecule has 2 heterocycles. The number of amides is 1. The van der Waals surface area contributed by atoms with Gasteiger partial charge < -0.3 is 20.3 Å². The number of rotatable bonds is 7. The Morgan fingerprint density at radius 2 is 1.75 bits per heavy atom. The third-order valence-electron chi connectivity index (χ3n) is 5.44. The van der Waals surface area contributed by atoms with Gasteiger partial charge in [-0.25, -0.2) is 4.98 Å². The summed E-state index contributed by atoms with van der Waals surface area (Å²) in [5.74, 6) is -0.901. The number of hydrogen-bond acceptors (Lipinski definition) is 6. The molecule has 8 nitrogen and oxygen atoms in total. The number of fused-ring (bicyclic) bond motifs is 1. The monoisotopic (exact) mass is 435 g/mol. The number of nitrogens with zero attached hydrogens (tertiary/aromatic N) is 2. The molecule has 1 saturated heterocycles. The summed E-state index contributed by atoms with van der Waals surface area (Å²) in [6, 6.07) is 14.6. The zero-order chi connectivity index (χ0) is 22.5. The molecule has 1 aromatic heterocycles. The van der Waals surface area contributed by atoms with Gasteiger partial charge in [0.15, 0.2) is 11.4 Å². The molecule has 166 valence electrons. The SMILES string of the molecule is O=C(O)CNC(=O)c1nc(CN2CCCCC2)c2cc(Oc3ccccc3)ccc2c1O. The highest BCUT2D eigenvalue weighted by molar-refractivity contribution is 6.03. The highest BCUT2D eigenvalue weighted by atomic mass is 16.5. The summed E-state index contributed by atoms with van der Waals surface area (Å²) in [4.78, 5) is 30.1. The van der Waals surface area contributed by atoms with Gasteiger partial charge in [-0.2, -0.15) is 0 Å². The number of carbonyl (C=O) groups is 2. The van der Waals surface area contributed by atoms with Crippen LogP contribution < -0.4 is 10.1 Å². The van der Waals surface area contributed by atoms with Crippen LogP contribution in [0.4, 0.5) is 0 Å². The van der Waals surface area contributed by atoms with Gasteiger partial charge in [0.1, 0.15) is 18.0 Å². The molecule has 0 bridgehead atoms. The molecule has 1 amide bonds. The van der Waals surface area contributed by atoms with E-state index in [1.165, 1.54) is 6.42 Å². The van der Waals surface area contributed by atoms with Crippen LogP contribution in [-0.2, 0) is 11.3 Å². The van der Waals surface area contributed by atoms with Gasteiger partial charge in [-0.15, -0.1) is 0 Å². The average Bonchev–Trinajstić information content (AvgIpc) is 2.80. The van der Waals surface area contributed by atoms with Crippen LogP contribution in [0.15, 0.2) is 48.5 Å². The van der Waals surface area contributed by atoms with Crippen molar-refractivity contribution in [1.82, 2.24) is 15.2 Å². The maximum absolute atomic E-state index is 12.5. The number of aromatic hydroxyl groups is 1. The molecule has 3 N–H and O–H groups in total. The van der Waals surface area contributed by atoms with Gasteiger partial charge in [0.05, 0.1) is 5.69 Å². The van der Waals surface area contributed by atoms with Crippen molar-refractivity contribution in [2.45, 2.75) is 25.8 Å². The summed E-state index contributed by atoms with van der Waals surface area (Å²) in [7, 11) is 0. The van der Waals surface area contributed by atoms with E-state index < -0.39 is 18.4 Å². The number of piperidine rings is 1. The first kappa shape index (κ1) is 21.6. The minimum absolute atomic E-state index is 0.178. The van der Waals surface area contributed by atoms with Crippen LogP contribution in [0.2, 0.25) is 0 Å². The van der Waals surface area contributed by atoms with Gasteiger partial charge in [0.2, 0.25) is 0 Å². The van der Waals surface area contributed by atoms with E-state index in [1.54, 1.807) is 12.1 Å². The number of likely N-dealkylation sites (tertiary alicyclic amines) is 1. The largest absolute Gasteiger partial charge is 0.505 e. The fraction of sp³-hybridized carbons (Fsp3) is 0.292. The smallest absolute Gasteiger partial charge is 0.322 e. The van der Waals surface area contributed by atoms with E-state index in [9.17, 15) is 14.7 Å². The molecule has 0 aliphatic carbocycles. The number of carbonyl (C=O) groups excluding carboxylic acids is 1. The molecule has 0 radical (unpaired) electrons. The summed E-state index contributed by atoms with van der Waals surface area (Å²) in [6.45, 7) is 1.84. The first-order chi connectivity index (χ1) is 15.5. The predicted molar refractivity (Wildman–Crippen MR) is 119 cm³/mol. The molecular formula is C24H25N3O5. The number of ether oxygens (including phenoxy) is 1. The molecule has 0 saturated carbocycles. The van der Waals surface area contributed by atoms with E-state index in [2.05, 4.69) is 15.2 Å². The van der Waals surface area contributed by atoms with E-state index in [-0.39, 0.29) is 11.4 Å². The van der Waals surface area contributed by atoms with Crippen molar-refractivity contribution in [3.05, 3.63) is 59.9 Å². The number of benzene rings is 2. The quantitative estimate of drug-likeness (QED) is 0.520. The van der Waals surface area contributed by atoms with Crippen molar-refractivity contribution in [3.8, 4) is 17.2 Å². The lowest BCUT2D eigenvalue weighted by Crippen LogP contribution is -2.31. The van der Waals surface area contributed by atoms with Crippen molar-refractivity contribution >= 4 is 22.6 Å². The van der Waals surface area contributed by atoms with Crippen LogP contribution in [0.5, 0.6) is 17.2 Å². The van der Waals surface area contributed by atoms with E-state index in [4.69, 9.17) is 9.84 Å². The van der Waals surface area contributed by atoms with E-state index >= 15 is 0 Å². The van der Waals surface area contributed by atoms with Crippen molar-refractivity contribution < 1.29 is 24.5 Å². The van der Waals surface area contributed by atoms with Crippen LogP contribution in [-0.4, -0.2) is 51.6 Å². The second-order valence-electron chi connectivity index (χ2n) is 7.79. The predicted octanol–water partition coefficient (Wildman–Crippen LogP) is 3.53. The Bertz CT molecular complexity index is 1130. The Balaban J connectivity index is 1.74. The van der Waals surface area contributed by atoms with Crippen LogP contribution in [0.3, 0.4) is 0 Å². The fourth-order valence-electron chi connectivity index (χ4n) is 3.88. The third-order valence-corrected chi connectivity index (χ3v) is 5.44. The zero-order valence-electron chi connectivity index (χ0n) is 17.6. The number of pyridine rings is 1. The summed E-state index contributed by atoms with van der Waals surface area (Å²) in [5.41, 5.74) is 0.459. The number of carboxylic acids is 1. The Morgan fingerprint density at radius 3 is 2.47 bits per heavy atom. The van der Waals surface area contributed by atoms with Crippen LogP contribution in [0.1, 0.15) is 35.4 Å². The molecule has 1 aliphatic heterocycles. The molecule has 0 spiro atoms. The number of para-hydroxylation sites is 1. The van der Waals surface area contributed by atoms with Crippen LogP contribution >= 0.6 is 0 Å². The van der Waals surface area contributed by atoms with Crippen molar-refractivity contribution in [3.63, 3.8) is 0 Å². The lowest BCUT2D eigenvalue weighted by Gasteiger charge is -2.26. The topological polar surface area (TPSA) is 112 Å². The van der Waals surface area contributed by atoms with Gasteiger partial charge in [-0.3, -0.25) is 14.5 Å². The molecule has 1 fully saturated rings. The van der Waals surface area contributed by atoms with Crippen LogP contribution in [0, 0.1) is 0 Å². The Morgan fingerprint density at radius 1 is 1.00 bits per heavy atom. The number of carboxylic acid groups (broad SMARTS) is 1.